The van der Waals surface area contributed by atoms with Crippen molar-refractivity contribution in [2.45, 2.75) is 52.0 Å². The SMILES string of the molecule is Cc1c(Cc2nn[nH]n2)c2c(NC(=O)c3ccc(OCCCCc4ccccc4)cc3)cccc2n1CCCC(=O)O. The first kappa shape index (κ1) is 28.5. The fourth-order valence-electron chi connectivity index (χ4n) is 5.18. The van der Waals surface area contributed by atoms with E-state index in [2.05, 4.69) is 54.8 Å². The molecule has 0 bridgehead atoms. The van der Waals surface area contributed by atoms with Gasteiger partial charge in [0.15, 0.2) is 5.82 Å². The van der Waals surface area contributed by atoms with E-state index >= 15 is 0 Å². The molecule has 0 saturated carbocycles. The average molecular weight is 567 g/mol. The van der Waals surface area contributed by atoms with Gasteiger partial charge in [0.2, 0.25) is 0 Å². The molecule has 0 radical (unpaired) electrons. The number of ether oxygens (including phenoxy) is 1. The summed E-state index contributed by atoms with van der Waals surface area (Å²) in [6.07, 6.45) is 3.99. The first-order valence-corrected chi connectivity index (χ1v) is 14.1. The van der Waals surface area contributed by atoms with Gasteiger partial charge in [-0.15, -0.1) is 10.2 Å². The first-order chi connectivity index (χ1) is 20.5. The van der Waals surface area contributed by atoms with Crippen LogP contribution in [0.25, 0.3) is 10.9 Å². The molecule has 42 heavy (non-hydrogen) atoms. The number of anilines is 1. The van der Waals surface area contributed by atoms with E-state index in [1.807, 2.05) is 43.3 Å². The van der Waals surface area contributed by atoms with E-state index < -0.39 is 5.97 Å². The number of nitrogens with one attached hydrogen (secondary N) is 2. The Morgan fingerprint density at radius 2 is 1.79 bits per heavy atom. The lowest BCUT2D eigenvalue weighted by Gasteiger charge is -2.10. The number of aromatic nitrogens is 5. The van der Waals surface area contributed by atoms with Crippen molar-refractivity contribution >= 4 is 28.5 Å². The number of nitrogens with zero attached hydrogens (tertiary/aromatic N) is 4. The topological polar surface area (TPSA) is 135 Å². The molecule has 3 N–H and O–H groups in total. The van der Waals surface area contributed by atoms with Gasteiger partial charge in [0.05, 0.1) is 17.8 Å². The summed E-state index contributed by atoms with van der Waals surface area (Å²) in [5, 5.41) is 27.5. The number of aromatic amines is 1. The number of tetrazole rings is 1. The third kappa shape index (κ3) is 7.01. The standard InChI is InChI=1S/C32H34N6O4/c1-22-26(21-29-34-36-37-35-29)31-27(12-7-13-28(31)38(22)19-8-14-30(39)40)33-32(41)24-15-17-25(18-16-24)42-20-6-5-11-23-9-3-2-4-10-23/h2-4,7,9-10,12-13,15-18H,5-6,8,11,14,19-21H2,1H3,(H,33,41)(H,39,40)(H,34,35,36,37). The number of fused-ring (bicyclic) bond motifs is 1. The molecule has 0 fully saturated rings. The molecule has 216 valence electrons. The number of aryl methyl sites for hydroxylation is 2. The molecule has 0 unspecified atom stereocenters. The maximum Gasteiger partial charge on any atom is 0.303 e. The predicted octanol–water partition coefficient (Wildman–Crippen LogP) is 5.57. The normalized spacial score (nSPS) is 11.1. The Balaban J connectivity index is 1.27. The quantitative estimate of drug-likeness (QED) is 0.150. The van der Waals surface area contributed by atoms with Crippen LogP contribution in [0.15, 0.2) is 72.8 Å². The second-order valence-electron chi connectivity index (χ2n) is 10.2. The fraction of sp³-hybridized carbons (Fsp3) is 0.281. The van der Waals surface area contributed by atoms with Gasteiger partial charge in [-0.05, 0) is 80.1 Å². The molecular formula is C32H34N6O4. The maximum atomic E-state index is 13.3. The first-order valence-electron chi connectivity index (χ1n) is 14.1. The number of benzene rings is 3. The van der Waals surface area contributed by atoms with E-state index in [0.717, 1.165) is 47.2 Å². The van der Waals surface area contributed by atoms with Crippen LogP contribution in [0.2, 0.25) is 0 Å². The number of carboxylic acids is 1. The van der Waals surface area contributed by atoms with Gasteiger partial charge in [-0.3, -0.25) is 9.59 Å². The molecule has 0 aliphatic carbocycles. The maximum absolute atomic E-state index is 13.3. The second-order valence-corrected chi connectivity index (χ2v) is 10.2. The molecule has 0 aliphatic heterocycles. The van der Waals surface area contributed by atoms with Crippen molar-refractivity contribution in [1.82, 2.24) is 25.2 Å². The minimum atomic E-state index is -0.830. The van der Waals surface area contributed by atoms with Crippen LogP contribution in [-0.2, 0) is 24.2 Å². The van der Waals surface area contributed by atoms with Crippen molar-refractivity contribution in [1.29, 1.82) is 0 Å². The lowest BCUT2D eigenvalue weighted by Crippen LogP contribution is -2.12. The molecule has 0 aliphatic rings. The summed E-state index contributed by atoms with van der Waals surface area (Å²) in [5.74, 6) is 0.187. The summed E-state index contributed by atoms with van der Waals surface area (Å²) < 4.78 is 7.99. The van der Waals surface area contributed by atoms with E-state index in [4.69, 9.17) is 9.84 Å². The summed E-state index contributed by atoms with van der Waals surface area (Å²) >= 11 is 0. The Labute approximate surface area is 243 Å². The molecule has 10 nitrogen and oxygen atoms in total. The Morgan fingerprint density at radius 1 is 0.976 bits per heavy atom. The molecule has 0 saturated heterocycles. The zero-order valence-electron chi connectivity index (χ0n) is 23.5. The highest BCUT2D eigenvalue weighted by Gasteiger charge is 2.20. The van der Waals surface area contributed by atoms with Crippen molar-refractivity contribution in [3.05, 3.63) is 101 Å². The molecule has 2 heterocycles. The van der Waals surface area contributed by atoms with Crippen LogP contribution in [0.3, 0.4) is 0 Å². The second kappa shape index (κ2) is 13.6. The number of carbonyl (C=O) groups excluding carboxylic acids is 1. The number of hydrogen-bond donors (Lipinski definition) is 3. The smallest absolute Gasteiger partial charge is 0.303 e. The predicted molar refractivity (Wildman–Crippen MR) is 160 cm³/mol. The van der Waals surface area contributed by atoms with Crippen LogP contribution in [0.5, 0.6) is 5.75 Å². The molecule has 2 aromatic heterocycles. The molecule has 0 spiro atoms. The average Bonchev–Trinajstić information content (AvgIpc) is 3.61. The zero-order valence-corrected chi connectivity index (χ0v) is 23.5. The van der Waals surface area contributed by atoms with Gasteiger partial charge >= 0.3 is 5.97 Å². The van der Waals surface area contributed by atoms with Gasteiger partial charge in [0.25, 0.3) is 5.91 Å². The van der Waals surface area contributed by atoms with E-state index in [-0.39, 0.29) is 12.3 Å². The summed E-state index contributed by atoms with van der Waals surface area (Å²) in [7, 11) is 0. The van der Waals surface area contributed by atoms with Crippen LogP contribution >= 0.6 is 0 Å². The molecule has 5 rings (SSSR count). The zero-order chi connectivity index (χ0) is 29.3. The van der Waals surface area contributed by atoms with Gasteiger partial charge in [-0.2, -0.15) is 5.21 Å². The monoisotopic (exact) mass is 566 g/mol. The Morgan fingerprint density at radius 3 is 2.52 bits per heavy atom. The van der Waals surface area contributed by atoms with Crippen LogP contribution < -0.4 is 10.1 Å². The number of unbranched alkanes of at least 4 members (excludes halogenated alkanes) is 1. The number of hydrogen-bond acceptors (Lipinski definition) is 6. The van der Waals surface area contributed by atoms with Gasteiger partial charge in [0.1, 0.15) is 5.75 Å². The molecule has 3 aromatic carbocycles. The third-order valence-corrected chi connectivity index (χ3v) is 7.31. The summed E-state index contributed by atoms with van der Waals surface area (Å²) in [5.41, 5.74) is 5.33. The van der Waals surface area contributed by atoms with E-state index in [9.17, 15) is 9.59 Å². The lowest BCUT2D eigenvalue weighted by molar-refractivity contribution is -0.137. The van der Waals surface area contributed by atoms with Crippen LogP contribution in [0.1, 0.15) is 58.7 Å². The van der Waals surface area contributed by atoms with Gasteiger partial charge < -0.3 is 19.7 Å². The molecular weight excluding hydrogens is 532 g/mol. The Kier molecular flexibility index (Phi) is 9.23. The van der Waals surface area contributed by atoms with Crippen LogP contribution in [0.4, 0.5) is 5.69 Å². The van der Waals surface area contributed by atoms with E-state index in [1.54, 1.807) is 12.1 Å². The number of amides is 1. The summed E-state index contributed by atoms with van der Waals surface area (Å²) in [4.78, 5) is 24.4. The van der Waals surface area contributed by atoms with Crippen molar-refractivity contribution in [2.24, 2.45) is 0 Å². The number of carbonyl (C=O) groups is 2. The van der Waals surface area contributed by atoms with Gasteiger partial charge in [-0.25, -0.2) is 0 Å². The third-order valence-electron chi connectivity index (χ3n) is 7.31. The number of aliphatic carboxylic acids is 1. The number of rotatable bonds is 14. The minimum absolute atomic E-state index is 0.0725. The molecule has 0 atom stereocenters. The highest BCUT2D eigenvalue weighted by molar-refractivity contribution is 6.10. The van der Waals surface area contributed by atoms with Crippen LogP contribution in [0, 0.1) is 6.92 Å². The van der Waals surface area contributed by atoms with Gasteiger partial charge in [0, 0.05) is 36.0 Å². The van der Waals surface area contributed by atoms with Crippen molar-refractivity contribution in [3.63, 3.8) is 0 Å². The largest absolute Gasteiger partial charge is 0.494 e. The number of carboxylic acid groups (broad SMARTS) is 1. The summed E-state index contributed by atoms with van der Waals surface area (Å²) in [6.45, 7) is 3.14. The molecule has 10 heteroatoms. The van der Waals surface area contributed by atoms with Gasteiger partial charge in [-0.1, -0.05) is 41.6 Å². The number of H-pyrrole nitrogens is 1. The minimum Gasteiger partial charge on any atom is -0.494 e. The Hall–Kier alpha value is -4.99. The molecule has 5 aromatic rings. The highest BCUT2D eigenvalue weighted by Crippen LogP contribution is 2.34. The van der Waals surface area contributed by atoms with E-state index in [0.29, 0.717) is 43.1 Å². The van der Waals surface area contributed by atoms with Crippen molar-refractivity contribution in [2.75, 3.05) is 11.9 Å². The molecule has 1 amide bonds. The highest BCUT2D eigenvalue weighted by atomic mass is 16.5. The van der Waals surface area contributed by atoms with Crippen molar-refractivity contribution in [3.8, 4) is 5.75 Å². The van der Waals surface area contributed by atoms with Crippen molar-refractivity contribution < 1.29 is 19.4 Å². The van der Waals surface area contributed by atoms with Crippen LogP contribution in [-0.4, -0.2) is 48.8 Å². The van der Waals surface area contributed by atoms with E-state index in [1.165, 1.54) is 5.56 Å². The summed E-state index contributed by atoms with van der Waals surface area (Å²) in [6, 6.07) is 23.3. The Bertz CT molecular complexity index is 1630. The fourth-order valence-corrected chi connectivity index (χ4v) is 5.18. The lowest BCUT2D eigenvalue weighted by atomic mass is 10.1.